The summed E-state index contributed by atoms with van der Waals surface area (Å²) in [5.74, 6) is -1.93. The van der Waals surface area contributed by atoms with E-state index in [1.807, 2.05) is 0 Å². The number of sulfonamides is 1. The highest BCUT2D eigenvalue weighted by molar-refractivity contribution is 7.89. The van der Waals surface area contributed by atoms with Crippen LogP contribution in [0.2, 0.25) is 0 Å². The average Bonchev–Trinajstić information content (AvgIpc) is 2.51. The van der Waals surface area contributed by atoms with Gasteiger partial charge in [-0.25, -0.2) is 8.42 Å². The van der Waals surface area contributed by atoms with E-state index in [0.717, 1.165) is 0 Å². The Labute approximate surface area is 146 Å². The van der Waals surface area contributed by atoms with Crippen molar-refractivity contribution in [3.05, 3.63) is 36.4 Å². The molecule has 2 rings (SSSR count). The van der Waals surface area contributed by atoms with Crippen LogP contribution < -0.4 is 10.0 Å². The van der Waals surface area contributed by atoms with Gasteiger partial charge in [0.2, 0.25) is 15.9 Å². The summed E-state index contributed by atoms with van der Waals surface area (Å²) in [6.45, 7) is 4.61. The highest BCUT2D eigenvalue weighted by atomic mass is 32.2. The fourth-order valence-corrected chi connectivity index (χ4v) is 4.06. The minimum atomic E-state index is -4.06. The third-order valence-corrected chi connectivity index (χ3v) is 5.20. The summed E-state index contributed by atoms with van der Waals surface area (Å²) in [7, 11) is -4.06. The Hall–Kier alpha value is -2.45. The van der Waals surface area contributed by atoms with Crippen LogP contribution in [0.5, 0.6) is 0 Å². The van der Waals surface area contributed by atoms with E-state index < -0.39 is 28.0 Å². The summed E-state index contributed by atoms with van der Waals surface area (Å²) in [6.07, 6.45) is 0. The molecule has 0 unspecified atom stereocenters. The molecule has 1 amide bonds. The lowest BCUT2D eigenvalue weighted by Crippen LogP contribution is -2.44. The van der Waals surface area contributed by atoms with Crippen LogP contribution in [-0.4, -0.2) is 31.4 Å². The first-order chi connectivity index (χ1) is 11.6. The van der Waals surface area contributed by atoms with Gasteiger partial charge in [0, 0.05) is 23.4 Å². The lowest BCUT2D eigenvalue weighted by molar-refractivity contribution is -0.140. The maximum absolute atomic E-state index is 12.7. The fraction of sp³-hybridized carbons (Fsp3) is 0.294. The predicted octanol–water partition coefficient (Wildman–Crippen LogP) is 2.19. The van der Waals surface area contributed by atoms with Gasteiger partial charge in [0.05, 0.1) is 4.90 Å². The van der Waals surface area contributed by atoms with Crippen LogP contribution in [-0.2, 0) is 19.6 Å². The first-order valence-electron chi connectivity index (χ1n) is 7.68. The van der Waals surface area contributed by atoms with E-state index in [1.165, 1.54) is 19.1 Å². The van der Waals surface area contributed by atoms with Crippen molar-refractivity contribution in [2.75, 3.05) is 5.32 Å². The van der Waals surface area contributed by atoms with Gasteiger partial charge in [0.1, 0.15) is 6.04 Å². The number of amides is 1. The van der Waals surface area contributed by atoms with E-state index in [1.54, 1.807) is 38.1 Å². The van der Waals surface area contributed by atoms with Crippen LogP contribution in [0.4, 0.5) is 5.69 Å². The molecule has 134 valence electrons. The lowest BCUT2D eigenvalue weighted by atomic mass is 10.1. The normalized spacial score (nSPS) is 13.0. The zero-order valence-corrected chi connectivity index (χ0v) is 14.9. The molecular formula is C17H20N2O5S. The number of aliphatic carboxylic acids is 1. The second-order valence-electron chi connectivity index (χ2n) is 6.02. The summed E-state index contributed by atoms with van der Waals surface area (Å²) in [4.78, 5) is 22.6. The molecule has 0 bridgehead atoms. The number of carboxylic acids is 1. The number of hydrogen-bond donors (Lipinski definition) is 3. The molecule has 0 fully saturated rings. The number of benzene rings is 2. The predicted molar refractivity (Wildman–Crippen MR) is 94.8 cm³/mol. The molecule has 25 heavy (non-hydrogen) atoms. The Morgan fingerprint density at radius 1 is 1.04 bits per heavy atom. The van der Waals surface area contributed by atoms with Gasteiger partial charge in [-0.3, -0.25) is 9.59 Å². The molecule has 8 heteroatoms. The summed E-state index contributed by atoms with van der Waals surface area (Å²) in [5.41, 5.74) is 0.487. The van der Waals surface area contributed by atoms with E-state index in [4.69, 9.17) is 0 Å². The van der Waals surface area contributed by atoms with Gasteiger partial charge in [-0.05, 0) is 18.1 Å². The molecule has 0 saturated carbocycles. The van der Waals surface area contributed by atoms with Crippen molar-refractivity contribution >= 4 is 38.4 Å². The van der Waals surface area contributed by atoms with Crippen molar-refractivity contribution in [3.63, 3.8) is 0 Å². The molecule has 0 aliphatic heterocycles. The SMILES string of the molecule is CC(=O)Nc1ccc(S(=O)(=O)N[C@@H](C(=O)O)C(C)C)c2ccccc12. The maximum atomic E-state index is 12.7. The number of carbonyl (C=O) groups excluding carboxylic acids is 1. The van der Waals surface area contributed by atoms with Gasteiger partial charge < -0.3 is 10.4 Å². The first-order valence-corrected chi connectivity index (χ1v) is 9.16. The van der Waals surface area contributed by atoms with E-state index in [-0.39, 0.29) is 10.8 Å². The number of rotatable bonds is 6. The Bertz CT molecular complexity index is 922. The van der Waals surface area contributed by atoms with Crippen LogP contribution in [0.1, 0.15) is 20.8 Å². The highest BCUT2D eigenvalue weighted by Gasteiger charge is 2.29. The van der Waals surface area contributed by atoms with Crippen molar-refractivity contribution < 1.29 is 23.1 Å². The number of hydrogen-bond acceptors (Lipinski definition) is 4. The van der Waals surface area contributed by atoms with E-state index in [0.29, 0.717) is 16.5 Å². The Kier molecular flexibility index (Phi) is 5.44. The number of anilines is 1. The number of fused-ring (bicyclic) bond motifs is 1. The number of carboxylic acid groups (broad SMARTS) is 1. The summed E-state index contributed by atoms with van der Waals surface area (Å²) in [6, 6.07) is 8.32. The second kappa shape index (κ2) is 7.20. The van der Waals surface area contributed by atoms with Crippen molar-refractivity contribution in [3.8, 4) is 0 Å². The highest BCUT2D eigenvalue weighted by Crippen LogP contribution is 2.29. The number of carbonyl (C=O) groups is 2. The maximum Gasteiger partial charge on any atom is 0.322 e. The largest absolute Gasteiger partial charge is 0.480 e. The van der Waals surface area contributed by atoms with E-state index >= 15 is 0 Å². The lowest BCUT2D eigenvalue weighted by Gasteiger charge is -2.19. The molecule has 1 atom stereocenters. The molecule has 0 aromatic heterocycles. The van der Waals surface area contributed by atoms with Gasteiger partial charge >= 0.3 is 5.97 Å². The topological polar surface area (TPSA) is 113 Å². The van der Waals surface area contributed by atoms with Gasteiger partial charge in [0.25, 0.3) is 0 Å². The van der Waals surface area contributed by atoms with Crippen LogP contribution in [0.3, 0.4) is 0 Å². The second-order valence-corrected chi connectivity index (χ2v) is 7.70. The minimum Gasteiger partial charge on any atom is -0.480 e. The van der Waals surface area contributed by atoms with Gasteiger partial charge in [-0.2, -0.15) is 4.72 Å². The molecule has 0 aliphatic carbocycles. The first kappa shape index (κ1) is 18.9. The third-order valence-electron chi connectivity index (χ3n) is 3.70. The van der Waals surface area contributed by atoms with Crippen LogP contribution in [0, 0.1) is 5.92 Å². The molecule has 3 N–H and O–H groups in total. The standard InChI is InChI=1S/C17H20N2O5S/c1-10(2)16(17(21)22)19-25(23,24)15-9-8-14(18-11(3)20)12-6-4-5-7-13(12)15/h4-10,16,19H,1-3H3,(H,18,20)(H,21,22)/t16-/m1/s1. The fourth-order valence-electron chi connectivity index (χ4n) is 2.51. The number of nitrogens with one attached hydrogen (secondary N) is 2. The monoisotopic (exact) mass is 364 g/mol. The minimum absolute atomic E-state index is 0.0379. The Morgan fingerprint density at radius 3 is 2.16 bits per heavy atom. The Balaban J connectivity index is 2.57. The van der Waals surface area contributed by atoms with Crippen LogP contribution in [0.25, 0.3) is 10.8 Å². The van der Waals surface area contributed by atoms with Crippen molar-refractivity contribution in [1.29, 1.82) is 0 Å². The van der Waals surface area contributed by atoms with E-state index in [9.17, 15) is 23.1 Å². The Morgan fingerprint density at radius 2 is 1.64 bits per heavy atom. The zero-order chi connectivity index (χ0) is 18.8. The molecule has 0 heterocycles. The van der Waals surface area contributed by atoms with Crippen LogP contribution >= 0.6 is 0 Å². The van der Waals surface area contributed by atoms with Crippen molar-refractivity contribution in [2.45, 2.75) is 31.7 Å². The van der Waals surface area contributed by atoms with Crippen molar-refractivity contribution in [2.24, 2.45) is 5.92 Å². The van der Waals surface area contributed by atoms with Gasteiger partial charge in [-0.15, -0.1) is 0 Å². The molecule has 0 spiro atoms. The molecule has 0 saturated heterocycles. The molecule has 0 radical (unpaired) electrons. The molecular weight excluding hydrogens is 344 g/mol. The quantitative estimate of drug-likeness (QED) is 0.727. The van der Waals surface area contributed by atoms with Crippen molar-refractivity contribution in [1.82, 2.24) is 4.72 Å². The van der Waals surface area contributed by atoms with Gasteiger partial charge in [0.15, 0.2) is 0 Å². The van der Waals surface area contributed by atoms with Crippen LogP contribution in [0.15, 0.2) is 41.3 Å². The summed E-state index contributed by atoms with van der Waals surface area (Å²) in [5, 5.41) is 12.8. The zero-order valence-electron chi connectivity index (χ0n) is 14.1. The molecule has 2 aromatic rings. The smallest absolute Gasteiger partial charge is 0.322 e. The molecule has 7 nitrogen and oxygen atoms in total. The molecule has 2 aromatic carbocycles. The third kappa shape index (κ3) is 4.15. The van der Waals surface area contributed by atoms with Gasteiger partial charge in [-0.1, -0.05) is 38.1 Å². The summed E-state index contributed by atoms with van der Waals surface area (Å²) >= 11 is 0. The average molecular weight is 364 g/mol. The van der Waals surface area contributed by atoms with E-state index in [2.05, 4.69) is 10.0 Å². The molecule has 0 aliphatic rings. The summed E-state index contributed by atoms with van der Waals surface area (Å²) < 4.78 is 27.7.